The van der Waals surface area contributed by atoms with E-state index in [1.165, 1.54) is 0 Å². The van der Waals surface area contributed by atoms with Gasteiger partial charge in [0.1, 0.15) is 8.42 Å². The van der Waals surface area contributed by atoms with Crippen LogP contribution in [-0.4, -0.2) is 0 Å². The predicted octanol–water partition coefficient (Wildman–Crippen LogP) is 3.10. The lowest BCUT2D eigenvalue weighted by Gasteiger charge is -2.05. The first-order valence-electron chi connectivity index (χ1n) is 7.31. The molecule has 0 aliphatic carbocycles. The Morgan fingerprint density at radius 2 is 1.81 bits per heavy atom. The summed E-state index contributed by atoms with van der Waals surface area (Å²) in [5.41, 5.74) is 3.35. The SMILES string of the molecule is [2H]c1c([2H])c(C)c(-c2ccc(C)c([2H])[n+]2C)c([2H])c1C. The molecule has 0 saturated heterocycles. The lowest BCUT2D eigenvalue weighted by Crippen LogP contribution is -2.31. The van der Waals surface area contributed by atoms with Gasteiger partial charge in [-0.05, 0) is 38.4 Å². The molecule has 0 unspecified atom stereocenters. The number of benzene rings is 1. The molecule has 82 valence electrons. The topological polar surface area (TPSA) is 3.88 Å². The Balaban J connectivity index is 2.87. The van der Waals surface area contributed by atoms with Crippen molar-refractivity contribution in [3.8, 4) is 11.3 Å². The minimum absolute atomic E-state index is 0.108. The summed E-state index contributed by atoms with van der Waals surface area (Å²) in [6, 6.07) is 4.25. The van der Waals surface area contributed by atoms with Crippen LogP contribution in [-0.2, 0) is 7.05 Å². The van der Waals surface area contributed by atoms with Crippen molar-refractivity contribution < 1.29 is 10.1 Å². The molecule has 1 aromatic heterocycles. The van der Waals surface area contributed by atoms with Crippen molar-refractivity contribution in [1.82, 2.24) is 0 Å². The molecule has 1 heteroatoms. The lowest BCUT2D eigenvalue weighted by atomic mass is 10.0. The van der Waals surface area contributed by atoms with Gasteiger partial charge in [-0.25, -0.2) is 4.57 Å². The quantitative estimate of drug-likeness (QED) is 0.645. The minimum Gasteiger partial charge on any atom is -0.201 e. The van der Waals surface area contributed by atoms with Crippen LogP contribution in [0.5, 0.6) is 0 Å². The molecule has 0 atom stereocenters. The normalized spacial score (nSPS) is 14.0. The van der Waals surface area contributed by atoms with Crippen LogP contribution < -0.4 is 4.57 Å². The van der Waals surface area contributed by atoms with Crippen LogP contribution in [0.3, 0.4) is 0 Å². The van der Waals surface area contributed by atoms with Gasteiger partial charge in [0.25, 0.3) is 0 Å². The van der Waals surface area contributed by atoms with Crippen molar-refractivity contribution in [1.29, 1.82) is 0 Å². The summed E-state index contributed by atoms with van der Waals surface area (Å²) in [7, 11) is 1.79. The highest BCUT2D eigenvalue weighted by molar-refractivity contribution is 5.61. The van der Waals surface area contributed by atoms with Gasteiger partial charge in [-0.15, -0.1) is 0 Å². The third-order valence-corrected chi connectivity index (χ3v) is 2.58. The van der Waals surface area contributed by atoms with Crippen molar-refractivity contribution >= 4 is 0 Å². The van der Waals surface area contributed by atoms with Crippen LogP contribution in [0.4, 0.5) is 0 Å². The summed E-state index contributed by atoms with van der Waals surface area (Å²) >= 11 is 0. The Morgan fingerprint density at radius 3 is 2.56 bits per heavy atom. The minimum atomic E-state index is 0.108. The van der Waals surface area contributed by atoms with E-state index in [4.69, 9.17) is 5.48 Å². The number of pyridine rings is 1. The smallest absolute Gasteiger partial charge is 0.201 e. The second-order valence-corrected chi connectivity index (χ2v) is 4.07. The standard InChI is InChI=1S/C15H18N/c1-11-5-7-13(3)14(9-11)15-8-6-12(2)10-16(15)4/h5-10H,1-4H3/q+1/i5D,7D,9D,10D. The van der Waals surface area contributed by atoms with Crippen molar-refractivity contribution in [3.63, 3.8) is 0 Å². The molecule has 0 N–H and O–H groups in total. The lowest BCUT2D eigenvalue weighted by molar-refractivity contribution is -0.660. The third-order valence-electron chi connectivity index (χ3n) is 2.58. The van der Waals surface area contributed by atoms with Crippen LogP contribution in [0.25, 0.3) is 11.3 Å². The molecule has 1 nitrogen and oxygen atoms in total. The number of aryl methyl sites for hydroxylation is 1. The van der Waals surface area contributed by atoms with E-state index in [0.717, 1.165) is 11.3 Å². The maximum Gasteiger partial charge on any atom is 0.212 e. The predicted molar refractivity (Wildman–Crippen MR) is 67.3 cm³/mol. The van der Waals surface area contributed by atoms with Crippen molar-refractivity contribution in [2.24, 2.45) is 7.05 Å². The zero-order valence-corrected chi connectivity index (χ0v) is 10.1. The molecular weight excluding hydrogens is 194 g/mol. The van der Waals surface area contributed by atoms with Crippen LogP contribution in [0, 0.1) is 20.8 Å². The molecule has 1 heterocycles. The van der Waals surface area contributed by atoms with Crippen molar-refractivity contribution in [2.75, 3.05) is 0 Å². The highest BCUT2D eigenvalue weighted by Crippen LogP contribution is 2.21. The molecule has 0 bridgehead atoms. The highest BCUT2D eigenvalue weighted by Gasteiger charge is 2.11. The number of hydrogen-bond donors (Lipinski definition) is 0. The van der Waals surface area contributed by atoms with Gasteiger partial charge in [-0.3, -0.25) is 0 Å². The molecule has 0 aliphatic heterocycles. The van der Waals surface area contributed by atoms with E-state index in [2.05, 4.69) is 0 Å². The highest BCUT2D eigenvalue weighted by atomic mass is 14.9. The Labute approximate surface area is 103 Å². The summed E-state index contributed by atoms with van der Waals surface area (Å²) in [6.45, 7) is 5.33. The fourth-order valence-electron chi connectivity index (χ4n) is 1.75. The molecule has 0 aliphatic rings. The zero-order valence-electron chi connectivity index (χ0n) is 14.1. The molecule has 2 rings (SSSR count). The molecule has 1 aromatic carbocycles. The second kappa shape index (κ2) is 4.09. The van der Waals surface area contributed by atoms with Crippen molar-refractivity contribution in [2.45, 2.75) is 20.8 Å². The average molecular weight is 216 g/mol. The molecule has 0 fully saturated rings. The van der Waals surface area contributed by atoms with E-state index in [-0.39, 0.29) is 18.1 Å². The first kappa shape index (κ1) is 6.85. The number of rotatable bonds is 1. The van der Waals surface area contributed by atoms with Crippen LogP contribution in [0.15, 0.2) is 36.4 Å². The van der Waals surface area contributed by atoms with Gasteiger partial charge in [0.05, 0.1) is 4.11 Å². The van der Waals surface area contributed by atoms with E-state index in [0.29, 0.717) is 22.9 Å². The van der Waals surface area contributed by atoms with Gasteiger partial charge in [0, 0.05) is 17.2 Å². The van der Waals surface area contributed by atoms with Gasteiger partial charge in [0.2, 0.25) is 5.69 Å². The van der Waals surface area contributed by atoms with E-state index >= 15 is 0 Å². The molecule has 16 heavy (non-hydrogen) atoms. The van der Waals surface area contributed by atoms with Gasteiger partial charge in [-0.1, -0.05) is 17.6 Å². The summed E-state index contributed by atoms with van der Waals surface area (Å²) in [6.07, 6.45) is 0.389. The largest absolute Gasteiger partial charge is 0.212 e. The van der Waals surface area contributed by atoms with Gasteiger partial charge in [-0.2, -0.15) is 0 Å². The Bertz CT molecular complexity index is 679. The summed E-state index contributed by atoms with van der Waals surface area (Å²) in [5.74, 6) is 0. The van der Waals surface area contributed by atoms with Gasteiger partial charge >= 0.3 is 0 Å². The van der Waals surface area contributed by atoms with Gasteiger partial charge < -0.3 is 0 Å². The summed E-state index contributed by atoms with van der Waals surface area (Å²) < 4.78 is 33.9. The van der Waals surface area contributed by atoms with Crippen LogP contribution >= 0.6 is 0 Å². The molecule has 0 amide bonds. The number of hydrogen-bond acceptors (Lipinski definition) is 0. The number of nitrogens with zero attached hydrogens (tertiary/aromatic N) is 1. The number of aromatic nitrogens is 1. The van der Waals surface area contributed by atoms with Crippen LogP contribution in [0.1, 0.15) is 22.2 Å². The first-order chi connectivity index (χ1) is 9.27. The molecular formula is C15H18N+. The molecule has 2 aromatic rings. The fraction of sp³-hybridized carbons (Fsp3) is 0.267. The van der Waals surface area contributed by atoms with E-state index in [9.17, 15) is 0 Å². The first-order valence-corrected chi connectivity index (χ1v) is 5.31. The Hall–Kier alpha value is -1.63. The molecule has 0 radical (unpaired) electrons. The monoisotopic (exact) mass is 216 g/mol. The summed E-state index contributed by atoms with van der Waals surface area (Å²) in [5, 5.41) is 0. The fourth-order valence-corrected chi connectivity index (χ4v) is 1.75. The maximum absolute atomic E-state index is 8.25. The third kappa shape index (κ3) is 1.99. The Kier molecular flexibility index (Phi) is 1.75. The van der Waals surface area contributed by atoms with Gasteiger partial charge in [0.15, 0.2) is 6.17 Å². The van der Waals surface area contributed by atoms with E-state index in [1.807, 2.05) is 19.1 Å². The maximum atomic E-state index is 8.25. The van der Waals surface area contributed by atoms with E-state index < -0.39 is 0 Å². The van der Waals surface area contributed by atoms with Crippen molar-refractivity contribution in [3.05, 3.63) is 53.1 Å². The summed E-state index contributed by atoms with van der Waals surface area (Å²) in [4.78, 5) is 0. The Morgan fingerprint density at radius 1 is 1.06 bits per heavy atom. The molecule has 0 saturated carbocycles. The average Bonchev–Trinajstić information content (AvgIpc) is 2.43. The second-order valence-electron chi connectivity index (χ2n) is 4.07. The van der Waals surface area contributed by atoms with E-state index in [1.54, 1.807) is 25.5 Å². The molecule has 0 spiro atoms. The zero-order chi connectivity index (χ0) is 15.2. The van der Waals surface area contributed by atoms with Crippen LogP contribution in [0.2, 0.25) is 0 Å².